The molecule has 2 N–H and O–H groups in total. The molecule has 3 heteroatoms. The van der Waals surface area contributed by atoms with Crippen molar-refractivity contribution in [1.82, 2.24) is 4.90 Å². The summed E-state index contributed by atoms with van der Waals surface area (Å²) in [6.07, 6.45) is 3.33. The summed E-state index contributed by atoms with van der Waals surface area (Å²) in [6, 6.07) is 8.55. The Bertz CT molecular complexity index is 409. The molecule has 1 saturated heterocycles. The Balaban J connectivity index is 1.83. The predicted molar refractivity (Wildman–Crippen MR) is 73.3 cm³/mol. The maximum atomic E-state index is 12.1. The van der Waals surface area contributed by atoms with Crippen LogP contribution in [0, 0.1) is 6.92 Å². The highest BCUT2D eigenvalue weighted by atomic mass is 16.2. The predicted octanol–water partition coefficient (Wildman–Crippen LogP) is 1.88. The summed E-state index contributed by atoms with van der Waals surface area (Å²) >= 11 is 0. The Kier molecular flexibility index (Phi) is 4.37. The van der Waals surface area contributed by atoms with Crippen molar-refractivity contribution in [2.75, 3.05) is 13.1 Å². The van der Waals surface area contributed by atoms with E-state index >= 15 is 0 Å². The summed E-state index contributed by atoms with van der Waals surface area (Å²) in [6.45, 7) is 3.75. The van der Waals surface area contributed by atoms with E-state index < -0.39 is 0 Å². The van der Waals surface area contributed by atoms with E-state index in [0.717, 1.165) is 32.4 Å². The van der Waals surface area contributed by atoms with Gasteiger partial charge >= 0.3 is 0 Å². The highest BCUT2D eigenvalue weighted by Crippen LogP contribution is 2.13. The van der Waals surface area contributed by atoms with Crippen molar-refractivity contribution in [3.63, 3.8) is 0 Å². The number of hydrogen-bond acceptors (Lipinski definition) is 2. The van der Waals surface area contributed by atoms with Crippen LogP contribution in [0.2, 0.25) is 0 Å². The van der Waals surface area contributed by atoms with Crippen molar-refractivity contribution >= 4 is 5.91 Å². The summed E-state index contributed by atoms with van der Waals surface area (Å²) in [5.74, 6) is 0.269. The number of amides is 1. The van der Waals surface area contributed by atoms with Crippen LogP contribution in [0.4, 0.5) is 0 Å². The Morgan fingerprint density at radius 3 is 2.67 bits per heavy atom. The van der Waals surface area contributed by atoms with Gasteiger partial charge in [-0.25, -0.2) is 0 Å². The van der Waals surface area contributed by atoms with Gasteiger partial charge in [-0.2, -0.15) is 0 Å². The zero-order valence-corrected chi connectivity index (χ0v) is 11.1. The van der Waals surface area contributed by atoms with Crippen LogP contribution in [-0.4, -0.2) is 29.9 Å². The second kappa shape index (κ2) is 6.01. The lowest BCUT2D eigenvalue weighted by molar-refractivity contribution is -0.132. The number of piperidine rings is 1. The molecule has 2 rings (SSSR count). The van der Waals surface area contributed by atoms with Crippen LogP contribution in [0.1, 0.15) is 30.4 Å². The van der Waals surface area contributed by atoms with E-state index in [4.69, 9.17) is 5.73 Å². The Morgan fingerprint density at radius 1 is 1.33 bits per heavy atom. The van der Waals surface area contributed by atoms with Crippen LogP contribution in [0.5, 0.6) is 0 Å². The fourth-order valence-electron chi connectivity index (χ4n) is 2.44. The molecule has 0 saturated carbocycles. The van der Waals surface area contributed by atoms with Gasteiger partial charge in [0.05, 0.1) is 0 Å². The summed E-state index contributed by atoms with van der Waals surface area (Å²) in [5, 5.41) is 0. The van der Waals surface area contributed by atoms with E-state index in [9.17, 15) is 4.79 Å². The zero-order chi connectivity index (χ0) is 13.0. The third kappa shape index (κ3) is 3.33. The molecule has 18 heavy (non-hydrogen) atoms. The van der Waals surface area contributed by atoms with E-state index in [2.05, 4.69) is 19.1 Å². The first kappa shape index (κ1) is 13.1. The topological polar surface area (TPSA) is 46.3 Å². The Hall–Kier alpha value is -1.35. The fraction of sp³-hybridized carbons (Fsp3) is 0.533. The van der Waals surface area contributed by atoms with Crippen LogP contribution >= 0.6 is 0 Å². The average molecular weight is 246 g/mol. The molecule has 0 spiro atoms. The van der Waals surface area contributed by atoms with Gasteiger partial charge in [0.2, 0.25) is 5.91 Å². The second-order valence-electron chi connectivity index (χ2n) is 5.14. The van der Waals surface area contributed by atoms with Crippen molar-refractivity contribution in [3.8, 4) is 0 Å². The van der Waals surface area contributed by atoms with Crippen molar-refractivity contribution in [3.05, 3.63) is 35.4 Å². The number of carbonyl (C=O) groups is 1. The molecule has 98 valence electrons. The van der Waals surface area contributed by atoms with E-state index in [-0.39, 0.29) is 11.9 Å². The van der Waals surface area contributed by atoms with Crippen LogP contribution in [0.3, 0.4) is 0 Å². The van der Waals surface area contributed by atoms with Gasteiger partial charge in [0, 0.05) is 25.6 Å². The summed E-state index contributed by atoms with van der Waals surface area (Å²) in [4.78, 5) is 14.0. The second-order valence-corrected chi connectivity index (χ2v) is 5.14. The maximum Gasteiger partial charge on any atom is 0.222 e. The first-order valence-electron chi connectivity index (χ1n) is 6.74. The number of hydrogen-bond donors (Lipinski definition) is 1. The number of rotatable bonds is 3. The van der Waals surface area contributed by atoms with E-state index in [1.54, 1.807) is 0 Å². The Labute approximate surface area is 109 Å². The van der Waals surface area contributed by atoms with E-state index in [1.165, 1.54) is 11.1 Å². The van der Waals surface area contributed by atoms with Crippen LogP contribution < -0.4 is 5.73 Å². The van der Waals surface area contributed by atoms with Crippen LogP contribution in [-0.2, 0) is 11.2 Å². The first-order chi connectivity index (χ1) is 8.66. The van der Waals surface area contributed by atoms with Crippen LogP contribution in [0.25, 0.3) is 0 Å². The SMILES string of the molecule is Cc1ccccc1CCC(=O)N1CCC(N)CC1. The van der Waals surface area contributed by atoms with Gasteiger partial charge in [0.25, 0.3) is 0 Å². The smallest absolute Gasteiger partial charge is 0.222 e. The minimum atomic E-state index is 0.269. The molecular formula is C15H22N2O. The number of nitrogens with zero attached hydrogens (tertiary/aromatic N) is 1. The van der Waals surface area contributed by atoms with Crippen molar-refractivity contribution in [2.45, 2.75) is 38.6 Å². The van der Waals surface area contributed by atoms with Gasteiger partial charge in [-0.05, 0) is 37.3 Å². The third-order valence-corrected chi connectivity index (χ3v) is 3.76. The summed E-state index contributed by atoms with van der Waals surface area (Å²) < 4.78 is 0. The molecule has 0 atom stereocenters. The lowest BCUT2D eigenvalue weighted by atomic mass is 10.0. The maximum absolute atomic E-state index is 12.1. The summed E-state index contributed by atoms with van der Waals surface area (Å²) in [5.41, 5.74) is 8.39. The third-order valence-electron chi connectivity index (χ3n) is 3.76. The molecule has 3 nitrogen and oxygen atoms in total. The van der Waals surface area contributed by atoms with E-state index in [1.807, 2.05) is 17.0 Å². The molecule has 0 aromatic heterocycles. The molecule has 0 bridgehead atoms. The average Bonchev–Trinajstić information content (AvgIpc) is 2.38. The van der Waals surface area contributed by atoms with Crippen molar-refractivity contribution in [1.29, 1.82) is 0 Å². The lowest BCUT2D eigenvalue weighted by Crippen LogP contribution is -2.42. The van der Waals surface area contributed by atoms with Gasteiger partial charge in [-0.1, -0.05) is 24.3 Å². The first-order valence-corrected chi connectivity index (χ1v) is 6.74. The molecule has 0 aliphatic carbocycles. The fourth-order valence-corrected chi connectivity index (χ4v) is 2.44. The standard InChI is InChI=1S/C15H22N2O/c1-12-4-2-3-5-13(12)6-7-15(18)17-10-8-14(16)9-11-17/h2-5,14H,6-11,16H2,1H3. The minimum absolute atomic E-state index is 0.269. The molecule has 1 heterocycles. The highest BCUT2D eigenvalue weighted by Gasteiger charge is 2.20. The van der Waals surface area contributed by atoms with Gasteiger partial charge in [0.15, 0.2) is 0 Å². The number of likely N-dealkylation sites (tertiary alicyclic amines) is 1. The van der Waals surface area contributed by atoms with E-state index in [0.29, 0.717) is 6.42 Å². The number of benzene rings is 1. The number of nitrogens with two attached hydrogens (primary N) is 1. The van der Waals surface area contributed by atoms with Crippen molar-refractivity contribution < 1.29 is 4.79 Å². The quantitative estimate of drug-likeness (QED) is 0.885. The summed E-state index contributed by atoms with van der Waals surface area (Å²) in [7, 11) is 0. The van der Waals surface area contributed by atoms with Crippen LogP contribution in [0.15, 0.2) is 24.3 Å². The molecule has 0 unspecified atom stereocenters. The molecule has 1 aliphatic rings. The largest absolute Gasteiger partial charge is 0.343 e. The molecule has 0 radical (unpaired) electrons. The van der Waals surface area contributed by atoms with Gasteiger partial charge in [-0.15, -0.1) is 0 Å². The number of carbonyl (C=O) groups excluding carboxylic acids is 1. The van der Waals surface area contributed by atoms with Crippen molar-refractivity contribution in [2.24, 2.45) is 5.73 Å². The van der Waals surface area contributed by atoms with Gasteiger partial charge < -0.3 is 10.6 Å². The molecule has 1 aromatic carbocycles. The molecule has 1 fully saturated rings. The minimum Gasteiger partial charge on any atom is -0.343 e. The monoisotopic (exact) mass is 246 g/mol. The number of aryl methyl sites for hydroxylation is 2. The molecule has 1 amide bonds. The highest BCUT2D eigenvalue weighted by molar-refractivity contribution is 5.76. The normalized spacial score (nSPS) is 16.9. The molecular weight excluding hydrogens is 224 g/mol. The Morgan fingerprint density at radius 2 is 2.00 bits per heavy atom. The molecule has 1 aliphatic heterocycles. The lowest BCUT2D eigenvalue weighted by Gasteiger charge is -2.30. The van der Waals surface area contributed by atoms with Gasteiger partial charge in [0.1, 0.15) is 0 Å². The molecule has 1 aromatic rings. The zero-order valence-electron chi connectivity index (χ0n) is 11.1. The van der Waals surface area contributed by atoms with Gasteiger partial charge in [-0.3, -0.25) is 4.79 Å².